The number of carbonyl (C=O) groups excluding carboxylic acids is 1. The Morgan fingerprint density at radius 1 is 1.10 bits per heavy atom. The van der Waals surface area contributed by atoms with Gasteiger partial charge in [-0.3, -0.25) is 4.79 Å². The molecule has 0 spiro atoms. The molecule has 0 aliphatic heterocycles. The van der Waals surface area contributed by atoms with E-state index in [0.717, 1.165) is 16.9 Å². The van der Waals surface area contributed by atoms with Crippen LogP contribution in [0, 0.1) is 6.92 Å². The first-order valence-electron chi connectivity index (χ1n) is 6.50. The molecule has 0 heterocycles. The van der Waals surface area contributed by atoms with Crippen molar-refractivity contribution in [2.75, 3.05) is 17.2 Å². The van der Waals surface area contributed by atoms with Crippen molar-refractivity contribution in [1.82, 2.24) is 0 Å². The van der Waals surface area contributed by atoms with Gasteiger partial charge in [0.15, 0.2) is 0 Å². The first-order chi connectivity index (χ1) is 9.65. The van der Waals surface area contributed by atoms with Gasteiger partial charge in [-0.1, -0.05) is 29.8 Å². The SMILES string of the molecule is Cc1ccccc1NC(=O)CCNc1ccc(Cl)cc1. The molecule has 2 aromatic carbocycles. The van der Waals surface area contributed by atoms with Crippen molar-refractivity contribution >= 4 is 28.9 Å². The predicted molar refractivity (Wildman–Crippen MR) is 84.4 cm³/mol. The number of benzene rings is 2. The van der Waals surface area contributed by atoms with Crippen LogP contribution in [0.15, 0.2) is 48.5 Å². The molecule has 2 N–H and O–H groups in total. The molecule has 0 saturated heterocycles. The minimum Gasteiger partial charge on any atom is -0.385 e. The van der Waals surface area contributed by atoms with E-state index < -0.39 is 0 Å². The van der Waals surface area contributed by atoms with Gasteiger partial charge in [-0.15, -0.1) is 0 Å². The predicted octanol–water partition coefficient (Wildman–Crippen LogP) is 4.09. The number of anilines is 2. The van der Waals surface area contributed by atoms with Crippen LogP contribution in [0.4, 0.5) is 11.4 Å². The number of hydrogen-bond acceptors (Lipinski definition) is 2. The molecule has 2 aromatic rings. The first-order valence-corrected chi connectivity index (χ1v) is 6.88. The molecule has 4 heteroatoms. The maximum absolute atomic E-state index is 11.8. The monoisotopic (exact) mass is 288 g/mol. The van der Waals surface area contributed by atoms with Crippen molar-refractivity contribution in [1.29, 1.82) is 0 Å². The average Bonchev–Trinajstić information content (AvgIpc) is 2.44. The third-order valence-electron chi connectivity index (χ3n) is 2.94. The molecule has 0 atom stereocenters. The van der Waals surface area contributed by atoms with Crippen LogP contribution in [-0.2, 0) is 4.79 Å². The summed E-state index contributed by atoms with van der Waals surface area (Å²) in [5, 5.41) is 6.79. The zero-order valence-electron chi connectivity index (χ0n) is 11.3. The van der Waals surface area contributed by atoms with Gasteiger partial charge >= 0.3 is 0 Å². The van der Waals surface area contributed by atoms with Crippen molar-refractivity contribution in [3.63, 3.8) is 0 Å². The average molecular weight is 289 g/mol. The Kier molecular flexibility index (Phi) is 5.02. The van der Waals surface area contributed by atoms with Crippen molar-refractivity contribution in [2.45, 2.75) is 13.3 Å². The van der Waals surface area contributed by atoms with Crippen molar-refractivity contribution in [3.8, 4) is 0 Å². The van der Waals surface area contributed by atoms with Crippen LogP contribution in [-0.4, -0.2) is 12.5 Å². The molecular weight excluding hydrogens is 272 g/mol. The van der Waals surface area contributed by atoms with Crippen molar-refractivity contribution in [3.05, 3.63) is 59.1 Å². The summed E-state index contributed by atoms with van der Waals surface area (Å²) in [4.78, 5) is 11.8. The molecule has 0 aromatic heterocycles. The number of aryl methyl sites for hydroxylation is 1. The normalized spacial score (nSPS) is 10.1. The molecule has 0 unspecified atom stereocenters. The second kappa shape index (κ2) is 6.96. The second-order valence-electron chi connectivity index (χ2n) is 4.55. The number of nitrogens with one attached hydrogen (secondary N) is 2. The molecule has 2 rings (SSSR count). The molecule has 0 saturated carbocycles. The van der Waals surface area contributed by atoms with Crippen molar-refractivity contribution < 1.29 is 4.79 Å². The molecule has 0 fully saturated rings. The number of para-hydroxylation sites is 1. The van der Waals surface area contributed by atoms with Crippen LogP contribution < -0.4 is 10.6 Å². The van der Waals surface area contributed by atoms with E-state index in [9.17, 15) is 4.79 Å². The molecule has 0 aliphatic carbocycles. The molecule has 0 aliphatic rings. The van der Waals surface area contributed by atoms with Gasteiger partial charge in [0, 0.05) is 29.4 Å². The number of hydrogen-bond donors (Lipinski definition) is 2. The second-order valence-corrected chi connectivity index (χ2v) is 4.98. The standard InChI is InChI=1S/C16H17ClN2O/c1-12-4-2-3-5-15(12)19-16(20)10-11-18-14-8-6-13(17)7-9-14/h2-9,18H,10-11H2,1H3,(H,19,20). The summed E-state index contributed by atoms with van der Waals surface area (Å²) >= 11 is 5.81. The molecule has 104 valence electrons. The topological polar surface area (TPSA) is 41.1 Å². The summed E-state index contributed by atoms with van der Waals surface area (Å²) in [6.07, 6.45) is 0.414. The van der Waals surface area contributed by atoms with Gasteiger partial charge < -0.3 is 10.6 Å². The summed E-state index contributed by atoms with van der Waals surface area (Å²) in [5.41, 5.74) is 2.88. The molecule has 3 nitrogen and oxygen atoms in total. The number of rotatable bonds is 5. The van der Waals surface area contributed by atoms with Gasteiger partial charge in [0.1, 0.15) is 0 Å². The maximum atomic E-state index is 11.8. The van der Waals surface area contributed by atoms with Crippen molar-refractivity contribution in [2.24, 2.45) is 0 Å². The van der Waals surface area contributed by atoms with Gasteiger partial charge in [-0.25, -0.2) is 0 Å². The zero-order chi connectivity index (χ0) is 14.4. The van der Waals surface area contributed by atoms with E-state index in [4.69, 9.17) is 11.6 Å². The Labute approximate surface area is 124 Å². The highest BCUT2D eigenvalue weighted by molar-refractivity contribution is 6.30. The van der Waals surface area contributed by atoms with Gasteiger partial charge in [0.05, 0.1) is 0 Å². The van der Waals surface area contributed by atoms with Gasteiger partial charge in [0.2, 0.25) is 5.91 Å². The van der Waals surface area contributed by atoms with E-state index in [1.54, 1.807) is 0 Å². The highest BCUT2D eigenvalue weighted by atomic mass is 35.5. The first kappa shape index (κ1) is 14.4. The lowest BCUT2D eigenvalue weighted by Gasteiger charge is -2.09. The molecular formula is C16H17ClN2O. The quantitative estimate of drug-likeness (QED) is 0.870. The van der Waals surface area contributed by atoms with Crippen LogP contribution >= 0.6 is 11.6 Å². The summed E-state index contributed by atoms with van der Waals surface area (Å²) in [6.45, 7) is 2.56. The Morgan fingerprint density at radius 3 is 2.50 bits per heavy atom. The zero-order valence-corrected chi connectivity index (χ0v) is 12.1. The summed E-state index contributed by atoms with van der Waals surface area (Å²) in [5.74, 6) is 0.000707. The minimum absolute atomic E-state index is 0.000707. The largest absolute Gasteiger partial charge is 0.385 e. The minimum atomic E-state index is 0.000707. The van der Waals surface area contributed by atoms with Gasteiger partial charge in [-0.05, 0) is 42.8 Å². The highest BCUT2D eigenvalue weighted by Gasteiger charge is 2.03. The lowest BCUT2D eigenvalue weighted by molar-refractivity contribution is -0.115. The molecule has 0 bridgehead atoms. The van der Waals surface area contributed by atoms with E-state index in [0.29, 0.717) is 18.0 Å². The third-order valence-corrected chi connectivity index (χ3v) is 3.20. The van der Waals surface area contributed by atoms with Crippen LogP contribution in [0.25, 0.3) is 0 Å². The highest BCUT2D eigenvalue weighted by Crippen LogP contribution is 2.14. The van der Waals surface area contributed by atoms with E-state index >= 15 is 0 Å². The van der Waals surface area contributed by atoms with Crippen LogP contribution in [0.2, 0.25) is 5.02 Å². The maximum Gasteiger partial charge on any atom is 0.226 e. The summed E-state index contributed by atoms with van der Waals surface area (Å²) in [7, 11) is 0. The van der Waals surface area contributed by atoms with Gasteiger partial charge in [0.25, 0.3) is 0 Å². The lowest BCUT2D eigenvalue weighted by atomic mass is 10.2. The lowest BCUT2D eigenvalue weighted by Crippen LogP contribution is -2.16. The van der Waals surface area contributed by atoms with Crippen LogP contribution in [0.1, 0.15) is 12.0 Å². The fourth-order valence-corrected chi connectivity index (χ4v) is 1.94. The summed E-state index contributed by atoms with van der Waals surface area (Å²) < 4.78 is 0. The van der Waals surface area contributed by atoms with Crippen LogP contribution in [0.3, 0.4) is 0 Å². The molecule has 1 amide bonds. The molecule has 20 heavy (non-hydrogen) atoms. The van der Waals surface area contributed by atoms with E-state index in [1.807, 2.05) is 55.5 Å². The van der Waals surface area contributed by atoms with Crippen LogP contribution in [0.5, 0.6) is 0 Å². The van der Waals surface area contributed by atoms with E-state index in [1.165, 1.54) is 0 Å². The molecule has 0 radical (unpaired) electrons. The third kappa shape index (κ3) is 4.28. The number of carbonyl (C=O) groups is 1. The fraction of sp³-hybridized carbons (Fsp3) is 0.188. The smallest absolute Gasteiger partial charge is 0.226 e. The Morgan fingerprint density at radius 2 is 1.80 bits per heavy atom. The fourth-order valence-electron chi connectivity index (χ4n) is 1.81. The van der Waals surface area contributed by atoms with E-state index in [-0.39, 0.29) is 5.91 Å². The number of amides is 1. The van der Waals surface area contributed by atoms with E-state index in [2.05, 4.69) is 10.6 Å². The van der Waals surface area contributed by atoms with Gasteiger partial charge in [-0.2, -0.15) is 0 Å². The number of halogens is 1. The Hall–Kier alpha value is -2.00. The Bertz CT molecular complexity index is 581. The summed E-state index contributed by atoms with van der Waals surface area (Å²) in [6, 6.07) is 15.2. The Balaban J connectivity index is 1.78.